The number of amides is 1. The van der Waals surface area contributed by atoms with Gasteiger partial charge in [0.05, 0.1) is 4.90 Å². The Hall–Kier alpha value is -3.29. The van der Waals surface area contributed by atoms with E-state index in [4.69, 9.17) is 5.14 Å². The summed E-state index contributed by atoms with van der Waals surface area (Å²) in [5.74, 6) is -0.524. The van der Waals surface area contributed by atoms with Gasteiger partial charge in [0.25, 0.3) is 0 Å². The van der Waals surface area contributed by atoms with Gasteiger partial charge in [-0.05, 0) is 29.3 Å². The molecule has 1 amide bonds. The molecular weight excluding hydrogens is 388 g/mol. The highest BCUT2D eigenvalue weighted by Crippen LogP contribution is 2.20. The zero-order chi connectivity index (χ0) is 20.9. The fourth-order valence-electron chi connectivity index (χ4n) is 2.82. The van der Waals surface area contributed by atoms with Crippen molar-refractivity contribution in [3.8, 4) is 11.1 Å². The number of carbonyl (C=O) groups is 2. The van der Waals surface area contributed by atoms with Crippen molar-refractivity contribution in [1.29, 1.82) is 0 Å². The second-order valence-corrected chi connectivity index (χ2v) is 8.05. The molecule has 0 spiro atoms. The van der Waals surface area contributed by atoms with Crippen LogP contribution in [0.2, 0.25) is 0 Å². The zero-order valence-corrected chi connectivity index (χ0v) is 16.4. The van der Waals surface area contributed by atoms with Gasteiger partial charge in [0.15, 0.2) is 5.78 Å². The Labute approximate surface area is 169 Å². The van der Waals surface area contributed by atoms with Gasteiger partial charge in [-0.3, -0.25) is 9.59 Å². The first-order valence-corrected chi connectivity index (χ1v) is 10.5. The Balaban J connectivity index is 1.57. The summed E-state index contributed by atoms with van der Waals surface area (Å²) < 4.78 is 22.8. The number of nitrogens with two attached hydrogens (primary N) is 1. The van der Waals surface area contributed by atoms with Crippen molar-refractivity contribution < 1.29 is 18.0 Å². The van der Waals surface area contributed by atoms with Crippen molar-refractivity contribution >= 4 is 27.4 Å². The van der Waals surface area contributed by atoms with Crippen LogP contribution < -0.4 is 10.5 Å². The summed E-state index contributed by atoms with van der Waals surface area (Å²) in [6, 6.07) is 22.7. The molecule has 0 heterocycles. The van der Waals surface area contributed by atoms with Crippen LogP contribution in [0.3, 0.4) is 0 Å². The Bertz CT molecular complexity index is 1120. The smallest absolute Gasteiger partial charge is 0.238 e. The van der Waals surface area contributed by atoms with Gasteiger partial charge in [0.1, 0.15) is 0 Å². The summed E-state index contributed by atoms with van der Waals surface area (Å²) in [6.07, 6.45) is 0.0320. The van der Waals surface area contributed by atoms with E-state index in [-0.39, 0.29) is 29.4 Å². The molecule has 6 nitrogen and oxygen atoms in total. The van der Waals surface area contributed by atoms with Crippen LogP contribution in [0.4, 0.5) is 5.69 Å². The van der Waals surface area contributed by atoms with Crippen molar-refractivity contribution in [3.05, 3.63) is 84.4 Å². The molecule has 29 heavy (non-hydrogen) atoms. The molecule has 0 fully saturated rings. The van der Waals surface area contributed by atoms with E-state index in [1.54, 1.807) is 18.2 Å². The van der Waals surface area contributed by atoms with Gasteiger partial charge in [-0.2, -0.15) is 0 Å². The molecule has 3 aromatic rings. The van der Waals surface area contributed by atoms with Crippen LogP contribution in [-0.2, 0) is 14.8 Å². The van der Waals surface area contributed by atoms with Gasteiger partial charge in [-0.25, -0.2) is 13.6 Å². The van der Waals surface area contributed by atoms with E-state index in [0.717, 1.165) is 11.1 Å². The molecule has 0 saturated heterocycles. The third-order valence-corrected chi connectivity index (χ3v) is 5.25. The van der Waals surface area contributed by atoms with Crippen molar-refractivity contribution in [3.63, 3.8) is 0 Å². The van der Waals surface area contributed by atoms with Gasteiger partial charge < -0.3 is 5.32 Å². The normalized spacial score (nSPS) is 11.1. The summed E-state index contributed by atoms with van der Waals surface area (Å²) in [4.78, 5) is 24.4. The van der Waals surface area contributed by atoms with E-state index in [0.29, 0.717) is 11.3 Å². The van der Waals surface area contributed by atoms with Gasteiger partial charge in [0.2, 0.25) is 15.9 Å². The van der Waals surface area contributed by atoms with Crippen molar-refractivity contribution in [1.82, 2.24) is 0 Å². The molecule has 3 aromatic carbocycles. The Morgan fingerprint density at radius 2 is 1.45 bits per heavy atom. The number of anilines is 1. The quantitative estimate of drug-likeness (QED) is 0.583. The van der Waals surface area contributed by atoms with Crippen molar-refractivity contribution in [2.75, 3.05) is 5.32 Å². The standard InChI is InChI=1S/C22H20N2O4S/c23-29(27,28)20-8-4-7-19(15-20)24-22(26)14-13-21(25)18-11-9-17(10-12-18)16-5-2-1-3-6-16/h1-12,15H,13-14H2,(H,24,26)(H2,23,27,28). The maximum atomic E-state index is 12.4. The van der Waals surface area contributed by atoms with E-state index >= 15 is 0 Å². The monoisotopic (exact) mass is 408 g/mol. The maximum Gasteiger partial charge on any atom is 0.238 e. The van der Waals surface area contributed by atoms with Crippen LogP contribution in [0.1, 0.15) is 23.2 Å². The molecular formula is C22H20N2O4S. The topological polar surface area (TPSA) is 106 Å². The Kier molecular flexibility index (Phi) is 6.21. The molecule has 0 aliphatic rings. The van der Waals surface area contributed by atoms with E-state index < -0.39 is 10.0 Å². The van der Waals surface area contributed by atoms with Crippen LogP contribution in [0.25, 0.3) is 11.1 Å². The predicted octanol–water partition coefficient (Wildman–Crippen LogP) is 3.60. The van der Waals surface area contributed by atoms with Gasteiger partial charge in [0, 0.05) is 24.1 Å². The highest BCUT2D eigenvalue weighted by Gasteiger charge is 2.12. The average Bonchev–Trinajstić information content (AvgIpc) is 2.72. The molecule has 0 aromatic heterocycles. The second kappa shape index (κ2) is 8.81. The Morgan fingerprint density at radius 3 is 2.10 bits per heavy atom. The number of sulfonamides is 1. The minimum absolute atomic E-state index is 0.0150. The molecule has 0 unspecified atom stereocenters. The number of Topliss-reactive ketones (excluding diaryl/α,β-unsaturated/α-hetero) is 1. The van der Waals surface area contributed by atoms with Gasteiger partial charge >= 0.3 is 0 Å². The van der Waals surface area contributed by atoms with E-state index in [9.17, 15) is 18.0 Å². The number of primary sulfonamides is 1. The molecule has 148 valence electrons. The Morgan fingerprint density at radius 1 is 0.793 bits per heavy atom. The molecule has 0 radical (unpaired) electrons. The summed E-state index contributed by atoms with van der Waals surface area (Å²) in [5.41, 5.74) is 2.91. The average molecular weight is 408 g/mol. The van der Waals surface area contributed by atoms with Crippen molar-refractivity contribution in [2.24, 2.45) is 5.14 Å². The van der Waals surface area contributed by atoms with E-state index in [1.165, 1.54) is 18.2 Å². The van der Waals surface area contributed by atoms with Crippen LogP contribution in [0.15, 0.2) is 83.8 Å². The molecule has 0 bridgehead atoms. The van der Waals surface area contributed by atoms with Crippen LogP contribution >= 0.6 is 0 Å². The lowest BCUT2D eigenvalue weighted by atomic mass is 10.0. The molecule has 0 aliphatic carbocycles. The summed E-state index contributed by atoms with van der Waals surface area (Å²) in [6.45, 7) is 0. The lowest BCUT2D eigenvalue weighted by molar-refractivity contribution is -0.116. The lowest BCUT2D eigenvalue weighted by Crippen LogP contribution is -2.15. The number of ketones is 1. The molecule has 7 heteroatoms. The highest BCUT2D eigenvalue weighted by molar-refractivity contribution is 7.89. The minimum Gasteiger partial charge on any atom is -0.326 e. The van der Waals surface area contributed by atoms with Crippen LogP contribution in [0, 0.1) is 0 Å². The SMILES string of the molecule is NS(=O)(=O)c1cccc(NC(=O)CCC(=O)c2ccc(-c3ccccc3)cc2)c1. The maximum absolute atomic E-state index is 12.4. The number of rotatable bonds is 7. The number of carbonyl (C=O) groups excluding carboxylic acids is 2. The van der Waals surface area contributed by atoms with Crippen LogP contribution in [0.5, 0.6) is 0 Å². The predicted molar refractivity (Wildman–Crippen MR) is 112 cm³/mol. The molecule has 0 aliphatic heterocycles. The van der Waals surface area contributed by atoms with Crippen molar-refractivity contribution in [2.45, 2.75) is 17.7 Å². The fourth-order valence-corrected chi connectivity index (χ4v) is 3.38. The van der Waals surface area contributed by atoms with Crippen LogP contribution in [-0.4, -0.2) is 20.1 Å². The fraction of sp³-hybridized carbons (Fsp3) is 0.0909. The number of hydrogen-bond acceptors (Lipinski definition) is 4. The minimum atomic E-state index is -3.85. The molecule has 0 atom stereocenters. The summed E-state index contributed by atoms with van der Waals surface area (Å²) in [5, 5.41) is 7.66. The lowest BCUT2D eigenvalue weighted by Gasteiger charge is -2.07. The second-order valence-electron chi connectivity index (χ2n) is 6.49. The first kappa shape index (κ1) is 20.4. The summed E-state index contributed by atoms with van der Waals surface area (Å²) >= 11 is 0. The van der Waals surface area contributed by atoms with E-state index in [2.05, 4.69) is 5.32 Å². The number of hydrogen-bond donors (Lipinski definition) is 2. The highest BCUT2D eigenvalue weighted by atomic mass is 32.2. The zero-order valence-electron chi connectivity index (χ0n) is 15.5. The number of nitrogens with one attached hydrogen (secondary N) is 1. The summed E-state index contributed by atoms with van der Waals surface area (Å²) in [7, 11) is -3.85. The molecule has 3 rings (SSSR count). The molecule has 0 saturated carbocycles. The first-order valence-electron chi connectivity index (χ1n) is 8.94. The van der Waals surface area contributed by atoms with E-state index in [1.807, 2.05) is 42.5 Å². The molecule has 3 N–H and O–H groups in total. The van der Waals surface area contributed by atoms with Gasteiger partial charge in [-0.1, -0.05) is 60.7 Å². The largest absolute Gasteiger partial charge is 0.326 e. The third-order valence-electron chi connectivity index (χ3n) is 4.34. The van der Waals surface area contributed by atoms with Gasteiger partial charge in [-0.15, -0.1) is 0 Å². The third kappa shape index (κ3) is 5.60. The first-order chi connectivity index (χ1) is 13.8. The number of benzene rings is 3.